The van der Waals surface area contributed by atoms with E-state index < -0.39 is 5.60 Å². The van der Waals surface area contributed by atoms with Crippen molar-refractivity contribution in [2.24, 2.45) is 0 Å². The molecule has 0 spiro atoms. The number of hydrogen-bond donors (Lipinski definition) is 1. The normalized spacial score (nSPS) is 29.1. The number of aryl methyl sites for hydroxylation is 1. The van der Waals surface area contributed by atoms with E-state index in [1.54, 1.807) is 0 Å². The molecule has 1 heterocycles. The van der Waals surface area contributed by atoms with Crippen LogP contribution in [0.4, 0.5) is 0 Å². The second-order valence-corrected chi connectivity index (χ2v) is 8.79. The van der Waals surface area contributed by atoms with Crippen molar-refractivity contribution in [3.8, 4) is 0 Å². The number of rotatable bonds is 6. The first-order valence-corrected chi connectivity index (χ1v) is 10.7. The third-order valence-corrected chi connectivity index (χ3v) is 6.99. The van der Waals surface area contributed by atoms with Gasteiger partial charge in [-0.1, -0.05) is 60.7 Å². The third-order valence-electron chi connectivity index (χ3n) is 6.99. The SMILES string of the molecule is OC1(CCc2ccccc2)CCC(Cc2ccccc2)(N2CCCC2)CC1. The van der Waals surface area contributed by atoms with E-state index in [1.165, 1.54) is 37.1 Å². The van der Waals surface area contributed by atoms with Crippen molar-refractivity contribution in [2.75, 3.05) is 13.1 Å². The molecule has 0 amide bonds. The van der Waals surface area contributed by atoms with Gasteiger partial charge in [-0.3, -0.25) is 4.90 Å². The second-order valence-electron chi connectivity index (χ2n) is 8.79. The summed E-state index contributed by atoms with van der Waals surface area (Å²) in [7, 11) is 0. The number of hydrogen-bond acceptors (Lipinski definition) is 2. The van der Waals surface area contributed by atoms with Gasteiger partial charge in [-0.15, -0.1) is 0 Å². The Kier molecular flexibility index (Phi) is 5.66. The highest BCUT2D eigenvalue weighted by molar-refractivity contribution is 5.20. The van der Waals surface area contributed by atoms with Crippen molar-refractivity contribution in [3.05, 3.63) is 71.8 Å². The van der Waals surface area contributed by atoms with Crippen LogP contribution in [0.3, 0.4) is 0 Å². The van der Waals surface area contributed by atoms with Crippen LogP contribution in [-0.4, -0.2) is 34.2 Å². The molecule has 0 unspecified atom stereocenters. The van der Waals surface area contributed by atoms with Crippen molar-refractivity contribution in [3.63, 3.8) is 0 Å². The highest BCUT2D eigenvalue weighted by atomic mass is 16.3. The summed E-state index contributed by atoms with van der Waals surface area (Å²) in [6, 6.07) is 21.6. The maximum atomic E-state index is 11.3. The van der Waals surface area contributed by atoms with Crippen LogP contribution in [0, 0.1) is 0 Å². The van der Waals surface area contributed by atoms with Gasteiger partial charge < -0.3 is 5.11 Å². The molecule has 0 bridgehead atoms. The van der Waals surface area contributed by atoms with Gasteiger partial charge in [0.1, 0.15) is 0 Å². The molecule has 0 radical (unpaired) electrons. The Labute approximate surface area is 164 Å². The molecule has 2 aliphatic rings. The molecule has 0 atom stereocenters. The lowest BCUT2D eigenvalue weighted by atomic mass is 9.69. The van der Waals surface area contributed by atoms with E-state index in [2.05, 4.69) is 65.6 Å². The zero-order valence-electron chi connectivity index (χ0n) is 16.4. The molecule has 2 aromatic carbocycles. The largest absolute Gasteiger partial charge is 0.390 e. The molecular formula is C25H33NO. The average Bonchev–Trinajstić information content (AvgIpc) is 3.26. The van der Waals surface area contributed by atoms with Crippen LogP contribution in [0.5, 0.6) is 0 Å². The van der Waals surface area contributed by atoms with Crippen LogP contribution in [-0.2, 0) is 12.8 Å². The van der Waals surface area contributed by atoms with Crippen LogP contribution in [0.1, 0.15) is 56.1 Å². The van der Waals surface area contributed by atoms with E-state index in [9.17, 15) is 5.11 Å². The summed E-state index contributed by atoms with van der Waals surface area (Å²) in [6.45, 7) is 2.46. The Bertz CT molecular complexity index is 698. The summed E-state index contributed by atoms with van der Waals surface area (Å²) in [4.78, 5) is 2.75. The van der Waals surface area contributed by atoms with Gasteiger partial charge in [0.15, 0.2) is 0 Å². The van der Waals surface area contributed by atoms with Crippen molar-refractivity contribution < 1.29 is 5.11 Å². The van der Waals surface area contributed by atoms with Gasteiger partial charge in [0.2, 0.25) is 0 Å². The zero-order valence-corrected chi connectivity index (χ0v) is 16.4. The standard InChI is InChI=1S/C25H33NO/c27-25(14-13-22-9-3-1-4-10-22)17-15-24(16-18-25,26-19-7-8-20-26)21-23-11-5-2-6-12-23/h1-6,9-12,27H,7-8,13-21H2. The smallest absolute Gasteiger partial charge is 0.0652 e. The van der Waals surface area contributed by atoms with Gasteiger partial charge in [0, 0.05) is 5.54 Å². The van der Waals surface area contributed by atoms with Gasteiger partial charge >= 0.3 is 0 Å². The highest BCUT2D eigenvalue weighted by Crippen LogP contribution is 2.43. The van der Waals surface area contributed by atoms with Crippen LogP contribution in [0.15, 0.2) is 60.7 Å². The van der Waals surface area contributed by atoms with Crippen LogP contribution < -0.4 is 0 Å². The Morgan fingerprint density at radius 2 is 1.30 bits per heavy atom. The van der Waals surface area contributed by atoms with E-state index in [0.29, 0.717) is 0 Å². The minimum atomic E-state index is -0.490. The maximum absolute atomic E-state index is 11.3. The predicted octanol–water partition coefficient (Wildman–Crippen LogP) is 5.00. The molecule has 1 N–H and O–H groups in total. The van der Waals surface area contributed by atoms with Crippen LogP contribution in [0.25, 0.3) is 0 Å². The minimum Gasteiger partial charge on any atom is -0.390 e. The second kappa shape index (κ2) is 8.16. The quantitative estimate of drug-likeness (QED) is 0.780. The topological polar surface area (TPSA) is 23.5 Å². The Balaban J connectivity index is 1.44. The number of nitrogens with zero attached hydrogens (tertiary/aromatic N) is 1. The first-order chi connectivity index (χ1) is 13.2. The van der Waals surface area contributed by atoms with Gasteiger partial charge in [-0.05, 0) is 82.0 Å². The summed E-state index contributed by atoms with van der Waals surface area (Å²) in [6.07, 6.45) is 9.75. The summed E-state index contributed by atoms with van der Waals surface area (Å²) in [5.41, 5.74) is 2.54. The Morgan fingerprint density at radius 1 is 0.741 bits per heavy atom. The lowest BCUT2D eigenvalue weighted by Gasteiger charge is -2.49. The van der Waals surface area contributed by atoms with E-state index in [-0.39, 0.29) is 5.54 Å². The van der Waals surface area contributed by atoms with Gasteiger partial charge in [-0.25, -0.2) is 0 Å². The van der Waals surface area contributed by atoms with E-state index in [0.717, 1.165) is 44.9 Å². The zero-order chi connectivity index (χ0) is 18.6. The monoisotopic (exact) mass is 363 g/mol. The first kappa shape index (κ1) is 18.7. The Hall–Kier alpha value is -1.64. The third kappa shape index (κ3) is 4.44. The van der Waals surface area contributed by atoms with Gasteiger partial charge in [-0.2, -0.15) is 0 Å². The lowest BCUT2D eigenvalue weighted by Crippen LogP contribution is -2.54. The van der Waals surface area contributed by atoms with Crippen molar-refractivity contribution in [2.45, 2.75) is 68.9 Å². The molecule has 0 aromatic heterocycles. The molecule has 1 aliphatic carbocycles. The number of benzene rings is 2. The number of likely N-dealkylation sites (tertiary alicyclic amines) is 1. The van der Waals surface area contributed by atoms with E-state index in [1.807, 2.05) is 0 Å². The molecule has 2 fully saturated rings. The first-order valence-electron chi connectivity index (χ1n) is 10.7. The van der Waals surface area contributed by atoms with E-state index >= 15 is 0 Å². The van der Waals surface area contributed by atoms with Crippen LogP contribution in [0.2, 0.25) is 0 Å². The fraction of sp³-hybridized carbons (Fsp3) is 0.520. The molecule has 2 aromatic rings. The summed E-state index contributed by atoms with van der Waals surface area (Å²) >= 11 is 0. The predicted molar refractivity (Wildman–Crippen MR) is 112 cm³/mol. The molecule has 2 heteroatoms. The molecule has 144 valence electrons. The Morgan fingerprint density at radius 3 is 1.89 bits per heavy atom. The number of aliphatic hydroxyl groups is 1. The maximum Gasteiger partial charge on any atom is 0.0652 e. The summed E-state index contributed by atoms with van der Waals surface area (Å²) < 4.78 is 0. The fourth-order valence-electron chi connectivity index (χ4n) is 5.22. The summed E-state index contributed by atoms with van der Waals surface area (Å²) in [5.74, 6) is 0. The lowest BCUT2D eigenvalue weighted by molar-refractivity contribution is -0.0549. The van der Waals surface area contributed by atoms with Gasteiger partial charge in [0.25, 0.3) is 0 Å². The van der Waals surface area contributed by atoms with Crippen molar-refractivity contribution in [1.82, 2.24) is 4.90 Å². The van der Waals surface area contributed by atoms with E-state index in [4.69, 9.17) is 0 Å². The van der Waals surface area contributed by atoms with Crippen LogP contribution >= 0.6 is 0 Å². The highest BCUT2D eigenvalue weighted by Gasteiger charge is 2.45. The average molecular weight is 364 g/mol. The minimum absolute atomic E-state index is 0.247. The summed E-state index contributed by atoms with van der Waals surface area (Å²) in [5, 5.41) is 11.3. The molecule has 4 rings (SSSR count). The molecule has 1 saturated carbocycles. The molecule has 1 saturated heterocycles. The molecular weight excluding hydrogens is 330 g/mol. The van der Waals surface area contributed by atoms with Crippen molar-refractivity contribution >= 4 is 0 Å². The molecule has 27 heavy (non-hydrogen) atoms. The molecule has 1 aliphatic heterocycles. The molecule has 2 nitrogen and oxygen atoms in total. The van der Waals surface area contributed by atoms with Gasteiger partial charge in [0.05, 0.1) is 5.60 Å². The fourth-order valence-corrected chi connectivity index (χ4v) is 5.22. The van der Waals surface area contributed by atoms with Crippen molar-refractivity contribution in [1.29, 1.82) is 0 Å².